The minimum atomic E-state index is -4.89. The zero-order valence-electron chi connectivity index (χ0n) is 20.2. The Morgan fingerprint density at radius 2 is 1.97 bits per heavy atom. The van der Waals surface area contributed by atoms with Gasteiger partial charge in [-0.05, 0) is 44.2 Å². The topological polar surface area (TPSA) is 80.2 Å². The first-order valence-corrected chi connectivity index (χ1v) is 11.9. The minimum Gasteiger partial charge on any atom is -0.459 e. The minimum absolute atomic E-state index is 0.0454. The summed E-state index contributed by atoms with van der Waals surface area (Å²) in [6, 6.07) is 4.21. The largest absolute Gasteiger partial charge is 0.459 e. The molecule has 0 radical (unpaired) electrons. The van der Waals surface area contributed by atoms with E-state index in [1.807, 2.05) is 13.0 Å². The number of hydrogen-bond acceptors (Lipinski definition) is 7. The molecular weight excluding hydrogens is 483 g/mol. The molecule has 0 bridgehead atoms. The zero-order valence-corrected chi connectivity index (χ0v) is 21.0. The average Bonchev–Trinajstić information content (AvgIpc) is 3.15. The number of thioether (sulfide) groups is 1. The first-order chi connectivity index (χ1) is 16.4. The fourth-order valence-electron chi connectivity index (χ4n) is 3.83. The lowest BCUT2D eigenvalue weighted by Crippen LogP contribution is -2.40. The van der Waals surface area contributed by atoms with Crippen molar-refractivity contribution >= 4 is 28.8 Å². The lowest BCUT2D eigenvalue weighted by molar-refractivity contribution is -0.145. The second-order valence-electron chi connectivity index (χ2n) is 8.49. The molecular formula is C24H28F3N3O4S. The number of hydrogen-bond donors (Lipinski definition) is 1. The molecule has 2 aliphatic rings. The van der Waals surface area contributed by atoms with Gasteiger partial charge in [-0.2, -0.15) is 13.2 Å². The molecule has 0 aromatic heterocycles. The third-order valence-corrected chi connectivity index (χ3v) is 6.23. The first kappa shape index (κ1) is 26.8. The monoisotopic (exact) mass is 511 g/mol. The smallest absolute Gasteiger partial charge is 0.434 e. The summed E-state index contributed by atoms with van der Waals surface area (Å²) >= 11 is 0.984. The maximum Gasteiger partial charge on any atom is 0.434 e. The highest BCUT2D eigenvalue weighted by Gasteiger charge is 2.49. The molecule has 1 aromatic carbocycles. The second kappa shape index (κ2) is 10.9. The number of alkyl halides is 3. The highest BCUT2D eigenvalue weighted by molar-refractivity contribution is 8.16. The molecule has 1 unspecified atom stereocenters. The van der Waals surface area contributed by atoms with Crippen LogP contribution in [0.15, 0.2) is 45.6 Å². The van der Waals surface area contributed by atoms with E-state index in [0.717, 1.165) is 17.3 Å². The standard InChI is InChI=1S/C24H28F3N3O4S/c1-13(2)34-22(32)19-20(17-10-14(3)6-7-15(17)4)30-16(11-18(31)28-8-9-33-5)12-35-23(30)29-21(19)24(25,26)27/h6-7,10,12-13,20H,8-9,11H2,1-5H3,(H,28,31). The Balaban J connectivity index is 2.15. The predicted octanol–water partition coefficient (Wildman–Crippen LogP) is 4.53. The van der Waals surface area contributed by atoms with Gasteiger partial charge in [-0.3, -0.25) is 4.79 Å². The number of halogens is 3. The lowest BCUT2D eigenvalue weighted by Gasteiger charge is -2.37. The highest BCUT2D eigenvalue weighted by Crippen LogP contribution is 2.48. The van der Waals surface area contributed by atoms with E-state index in [4.69, 9.17) is 9.47 Å². The number of esters is 1. The number of nitrogens with one attached hydrogen (secondary N) is 1. The summed E-state index contributed by atoms with van der Waals surface area (Å²) in [6.45, 7) is 7.34. The number of rotatable bonds is 8. The Hall–Kier alpha value is -2.79. The van der Waals surface area contributed by atoms with Crippen LogP contribution in [0.4, 0.5) is 13.2 Å². The van der Waals surface area contributed by atoms with E-state index in [1.54, 1.807) is 38.3 Å². The summed E-state index contributed by atoms with van der Waals surface area (Å²) in [7, 11) is 1.51. The highest BCUT2D eigenvalue weighted by atomic mass is 32.2. The van der Waals surface area contributed by atoms with Gasteiger partial charge in [-0.25, -0.2) is 9.79 Å². The van der Waals surface area contributed by atoms with E-state index in [1.165, 1.54) is 12.0 Å². The van der Waals surface area contributed by atoms with Crippen LogP contribution >= 0.6 is 11.8 Å². The van der Waals surface area contributed by atoms with Gasteiger partial charge in [0, 0.05) is 19.4 Å². The van der Waals surface area contributed by atoms with Gasteiger partial charge < -0.3 is 19.7 Å². The van der Waals surface area contributed by atoms with E-state index >= 15 is 0 Å². The van der Waals surface area contributed by atoms with E-state index in [0.29, 0.717) is 30.0 Å². The molecule has 1 aromatic rings. The maximum absolute atomic E-state index is 14.2. The Labute approximate surface area is 206 Å². The van der Waals surface area contributed by atoms with Crippen molar-refractivity contribution in [1.29, 1.82) is 0 Å². The van der Waals surface area contributed by atoms with Gasteiger partial charge >= 0.3 is 12.1 Å². The first-order valence-electron chi connectivity index (χ1n) is 11.0. The molecule has 2 heterocycles. The van der Waals surface area contributed by atoms with Crippen molar-refractivity contribution in [1.82, 2.24) is 10.2 Å². The Kier molecular flexibility index (Phi) is 8.32. The third kappa shape index (κ3) is 6.07. The number of fused-ring (bicyclic) bond motifs is 1. The zero-order chi connectivity index (χ0) is 25.9. The van der Waals surface area contributed by atoms with Crippen molar-refractivity contribution in [3.05, 3.63) is 57.3 Å². The van der Waals surface area contributed by atoms with Crippen LogP contribution in [0.1, 0.15) is 43.0 Å². The van der Waals surface area contributed by atoms with Crippen LogP contribution < -0.4 is 5.32 Å². The molecule has 3 rings (SSSR count). The summed E-state index contributed by atoms with van der Waals surface area (Å²) < 4.78 is 52.8. The van der Waals surface area contributed by atoms with Crippen LogP contribution in [0.3, 0.4) is 0 Å². The number of methoxy groups -OCH3 is 1. The fraction of sp³-hybridized carbons (Fsp3) is 0.458. The molecule has 0 saturated heterocycles. The van der Waals surface area contributed by atoms with Gasteiger partial charge in [-0.15, -0.1) is 0 Å². The summed E-state index contributed by atoms with van der Waals surface area (Å²) in [5.74, 6) is -1.42. The molecule has 11 heteroatoms. The number of carbonyl (C=O) groups excluding carboxylic acids is 2. The summed E-state index contributed by atoms with van der Waals surface area (Å²) in [6.07, 6.45) is -5.63. The summed E-state index contributed by atoms with van der Waals surface area (Å²) in [4.78, 5) is 31.0. The molecule has 0 saturated carbocycles. The van der Waals surface area contributed by atoms with Gasteiger partial charge in [0.25, 0.3) is 0 Å². The van der Waals surface area contributed by atoms with Gasteiger partial charge in [0.15, 0.2) is 10.9 Å². The van der Waals surface area contributed by atoms with Crippen molar-refractivity contribution in [2.24, 2.45) is 4.99 Å². The summed E-state index contributed by atoms with van der Waals surface area (Å²) in [5.41, 5.74) is 0.561. The Morgan fingerprint density at radius 1 is 1.26 bits per heavy atom. The SMILES string of the molecule is COCCNC(=O)CC1=CSC2=NC(C(F)(F)F)=C(C(=O)OC(C)C)C(c3cc(C)ccc3C)N12. The van der Waals surface area contributed by atoms with Crippen molar-refractivity contribution in [2.45, 2.75) is 52.4 Å². The molecule has 0 spiro atoms. The number of amides is 1. The third-order valence-electron chi connectivity index (χ3n) is 5.34. The number of nitrogens with zero attached hydrogens (tertiary/aromatic N) is 2. The van der Waals surface area contributed by atoms with E-state index in [2.05, 4.69) is 10.3 Å². The molecule has 190 valence electrons. The maximum atomic E-state index is 14.2. The molecule has 0 fully saturated rings. The van der Waals surface area contributed by atoms with Crippen LogP contribution in [0.25, 0.3) is 0 Å². The molecule has 35 heavy (non-hydrogen) atoms. The average molecular weight is 512 g/mol. The molecule has 2 aliphatic heterocycles. The Bertz CT molecular complexity index is 1100. The number of amidine groups is 1. The number of benzene rings is 1. The van der Waals surface area contributed by atoms with Gasteiger partial charge in [0.1, 0.15) is 0 Å². The van der Waals surface area contributed by atoms with E-state index in [-0.39, 0.29) is 17.5 Å². The number of carbonyl (C=O) groups is 2. The number of aryl methyl sites for hydroxylation is 2. The number of aliphatic imine (C=N–C) groups is 1. The molecule has 1 N–H and O–H groups in total. The predicted molar refractivity (Wildman–Crippen MR) is 127 cm³/mol. The summed E-state index contributed by atoms with van der Waals surface area (Å²) in [5, 5.41) is 4.35. The normalized spacial score (nSPS) is 17.9. The van der Waals surface area contributed by atoms with E-state index in [9.17, 15) is 22.8 Å². The van der Waals surface area contributed by atoms with Gasteiger partial charge in [-0.1, -0.05) is 35.5 Å². The van der Waals surface area contributed by atoms with Crippen LogP contribution in [-0.2, 0) is 19.1 Å². The number of allylic oxidation sites excluding steroid dienone is 1. The van der Waals surface area contributed by atoms with Crippen LogP contribution in [0.2, 0.25) is 0 Å². The van der Waals surface area contributed by atoms with Gasteiger partial charge in [0.05, 0.1) is 30.7 Å². The molecule has 7 nitrogen and oxygen atoms in total. The second-order valence-corrected chi connectivity index (χ2v) is 9.32. The Morgan fingerprint density at radius 3 is 2.60 bits per heavy atom. The van der Waals surface area contributed by atoms with Crippen molar-refractivity contribution < 1.29 is 32.2 Å². The molecule has 1 amide bonds. The number of ether oxygens (including phenoxy) is 2. The molecule has 0 aliphatic carbocycles. The lowest BCUT2D eigenvalue weighted by atomic mass is 9.89. The fourth-order valence-corrected chi connectivity index (χ4v) is 4.74. The van der Waals surface area contributed by atoms with Crippen molar-refractivity contribution in [2.75, 3.05) is 20.3 Å². The molecule has 1 atom stereocenters. The van der Waals surface area contributed by atoms with E-state index < -0.39 is 35.6 Å². The van der Waals surface area contributed by atoms with Gasteiger partial charge in [0.2, 0.25) is 5.91 Å². The van der Waals surface area contributed by atoms with Crippen molar-refractivity contribution in [3.63, 3.8) is 0 Å². The van der Waals surface area contributed by atoms with Crippen LogP contribution in [-0.4, -0.2) is 54.5 Å². The van der Waals surface area contributed by atoms with Crippen LogP contribution in [0.5, 0.6) is 0 Å². The quantitative estimate of drug-likeness (QED) is 0.408. The van der Waals surface area contributed by atoms with Crippen LogP contribution in [0, 0.1) is 13.8 Å². The van der Waals surface area contributed by atoms with Crippen molar-refractivity contribution in [3.8, 4) is 0 Å².